The fraction of sp³-hybridized carbons (Fsp3) is 0.333. The first-order valence-corrected chi connectivity index (χ1v) is 6.78. The fourth-order valence-electron chi connectivity index (χ4n) is 2.73. The smallest absolute Gasteiger partial charge is 0.213 e. The molecule has 0 bridgehead atoms. The largest absolute Gasteiger partial charge is 0.507 e. The Morgan fingerprint density at radius 3 is 2.14 bits per heavy atom. The van der Waals surface area contributed by atoms with E-state index in [0.717, 1.165) is 13.1 Å². The second-order valence-corrected chi connectivity index (χ2v) is 5.37. The normalized spacial score (nSPS) is 19.5. The summed E-state index contributed by atoms with van der Waals surface area (Å²) in [6.45, 7) is 2.90. The molecule has 6 nitrogen and oxygen atoms in total. The summed E-state index contributed by atoms with van der Waals surface area (Å²) >= 11 is 0. The number of allylic oxidation sites excluding steroid dienone is 2. The maximum atomic E-state index is 12.6. The van der Waals surface area contributed by atoms with Crippen LogP contribution < -0.4 is 0 Å². The lowest BCUT2D eigenvalue weighted by atomic mass is 9.90. The van der Waals surface area contributed by atoms with E-state index in [0.29, 0.717) is 18.8 Å². The standard InChI is InChI=1S/C15H16N2O4/c1-16-4-6-17(7-5-16)9-8-12(20)13-10(18)2-3-11(19)14(13)15(9)21/h2-3,8,18-19H,4-7H2,1H3. The van der Waals surface area contributed by atoms with E-state index in [4.69, 9.17) is 0 Å². The van der Waals surface area contributed by atoms with Crippen LogP contribution in [0, 0.1) is 0 Å². The monoisotopic (exact) mass is 288 g/mol. The molecule has 1 heterocycles. The van der Waals surface area contributed by atoms with E-state index >= 15 is 0 Å². The van der Waals surface area contributed by atoms with Gasteiger partial charge in [-0.25, -0.2) is 0 Å². The molecule has 0 aromatic heterocycles. The van der Waals surface area contributed by atoms with Crippen molar-refractivity contribution in [2.75, 3.05) is 33.2 Å². The first kappa shape index (κ1) is 13.6. The van der Waals surface area contributed by atoms with E-state index in [9.17, 15) is 19.8 Å². The molecule has 2 aliphatic rings. The number of hydrogen-bond acceptors (Lipinski definition) is 6. The Morgan fingerprint density at radius 2 is 1.52 bits per heavy atom. The molecule has 1 aliphatic heterocycles. The zero-order valence-electron chi connectivity index (χ0n) is 11.7. The van der Waals surface area contributed by atoms with Crippen molar-refractivity contribution in [3.05, 3.63) is 35.0 Å². The summed E-state index contributed by atoms with van der Waals surface area (Å²) in [7, 11) is 2.00. The third-order valence-electron chi connectivity index (χ3n) is 3.98. The number of nitrogens with zero attached hydrogens (tertiary/aromatic N) is 2. The Labute approximate surface area is 121 Å². The summed E-state index contributed by atoms with van der Waals surface area (Å²) in [5.74, 6) is -1.43. The average Bonchev–Trinajstić information content (AvgIpc) is 2.46. The third kappa shape index (κ3) is 2.17. The third-order valence-corrected chi connectivity index (χ3v) is 3.98. The molecule has 6 heteroatoms. The summed E-state index contributed by atoms with van der Waals surface area (Å²) < 4.78 is 0. The molecule has 110 valence electrons. The lowest BCUT2D eigenvalue weighted by Gasteiger charge is -2.35. The van der Waals surface area contributed by atoms with Crippen LogP contribution in [0.4, 0.5) is 0 Å². The van der Waals surface area contributed by atoms with Gasteiger partial charge in [-0.2, -0.15) is 0 Å². The Balaban J connectivity index is 2.02. The van der Waals surface area contributed by atoms with Gasteiger partial charge in [0.15, 0.2) is 5.78 Å². The number of phenolic OH excluding ortho intramolecular Hbond substituents is 2. The van der Waals surface area contributed by atoms with Crippen molar-refractivity contribution >= 4 is 11.6 Å². The number of fused-ring (bicyclic) bond motifs is 1. The van der Waals surface area contributed by atoms with Gasteiger partial charge >= 0.3 is 0 Å². The van der Waals surface area contributed by atoms with Crippen molar-refractivity contribution in [1.29, 1.82) is 0 Å². The van der Waals surface area contributed by atoms with E-state index < -0.39 is 11.6 Å². The molecule has 1 aromatic carbocycles. The molecule has 0 radical (unpaired) electrons. The molecular formula is C15H16N2O4. The minimum Gasteiger partial charge on any atom is -0.507 e. The van der Waals surface area contributed by atoms with Crippen LogP contribution in [0.1, 0.15) is 20.7 Å². The number of piperazine rings is 1. The van der Waals surface area contributed by atoms with Gasteiger partial charge in [0.25, 0.3) is 0 Å². The molecule has 1 saturated heterocycles. The maximum absolute atomic E-state index is 12.6. The molecule has 0 spiro atoms. The van der Waals surface area contributed by atoms with Crippen molar-refractivity contribution in [2.24, 2.45) is 0 Å². The van der Waals surface area contributed by atoms with Gasteiger partial charge in [-0.05, 0) is 19.2 Å². The van der Waals surface area contributed by atoms with Crippen LogP contribution in [0.15, 0.2) is 23.9 Å². The molecule has 3 rings (SSSR count). The number of phenols is 2. The summed E-state index contributed by atoms with van der Waals surface area (Å²) in [4.78, 5) is 28.8. The number of likely N-dealkylation sites (N-methyl/N-ethyl adjacent to an activating group) is 1. The predicted octanol–water partition coefficient (Wildman–Crippen LogP) is 0.608. The van der Waals surface area contributed by atoms with Gasteiger partial charge in [0.1, 0.15) is 11.5 Å². The summed E-state index contributed by atoms with van der Waals surface area (Å²) in [5, 5.41) is 19.7. The number of carbonyl (C=O) groups excluding carboxylic acids is 2. The molecule has 0 amide bonds. The second-order valence-electron chi connectivity index (χ2n) is 5.37. The van der Waals surface area contributed by atoms with Crippen molar-refractivity contribution in [1.82, 2.24) is 9.80 Å². The molecule has 1 aliphatic carbocycles. The highest BCUT2D eigenvalue weighted by atomic mass is 16.3. The highest BCUT2D eigenvalue weighted by Crippen LogP contribution is 2.35. The highest BCUT2D eigenvalue weighted by Gasteiger charge is 2.34. The Hall–Kier alpha value is -2.34. The molecule has 1 aromatic rings. The number of ketones is 2. The molecule has 21 heavy (non-hydrogen) atoms. The number of rotatable bonds is 1. The van der Waals surface area contributed by atoms with E-state index in [1.165, 1.54) is 18.2 Å². The number of aromatic hydroxyl groups is 2. The zero-order chi connectivity index (χ0) is 15.1. The van der Waals surface area contributed by atoms with Gasteiger partial charge < -0.3 is 20.0 Å². The lowest BCUT2D eigenvalue weighted by molar-refractivity contribution is 0.0921. The Bertz CT molecular complexity index is 658. The van der Waals surface area contributed by atoms with Gasteiger partial charge in [0.2, 0.25) is 5.78 Å². The van der Waals surface area contributed by atoms with E-state index in [1.807, 2.05) is 11.9 Å². The van der Waals surface area contributed by atoms with Gasteiger partial charge in [-0.3, -0.25) is 9.59 Å². The Kier molecular flexibility index (Phi) is 3.17. The van der Waals surface area contributed by atoms with Crippen molar-refractivity contribution < 1.29 is 19.8 Å². The van der Waals surface area contributed by atoms with E-state index in [1.54, 1.807) is 0 Å². The van der Waals surface area contributed by atoms with Crippen molar-refractivity contribution in [3.8, 4) is 11.5 Å². The number of carbonyl (C=O) groups is 2. The van der Waals surface area contributed by atoms with Crippen LogP contribution in [0.2, 0.25) is 0 Å². The molecular weight excluding hydrogens is 272 g/mol. The van der Waals surface area contributed by atoms with Gasteiger partial charge in [-0.15, -0.1) is 0 Å². The quantitative estimate of drug-likeness (QED) is 0.737. The van der Waals surface area contributed by atoms with Crippen molar-refractivity contribution in [3.63, 3.8) is 0 Å². The van der Waals surface area contributed by atoms with Crippen molar-refractivity contribution in [2.45, 2.75) is 0 Å². The topological polar surface area (TPSA) is 81.1 Å². The van der Waals surface area contributed by atoms with E-state index in [-0.39, 0.29) is 22.6 Å². The SMILES string of the molecule is CN1CCN(C2=CC(=O)c3c(O)ccc(O)c3C2=O)CC1. The van der Waals surface area contributed by atoms with Crippen LogP contribution in [0.25, 0.3) is 0 Å². The molecule has 2 N–H and O–H groups in total. The summed E-state index contributed by atoms with van der Waals surface area (Å²) in [6, 6.07) is 2.44. The lowest BCUT2D eigenvalue weighted by Crippen LogP contribution is -2.46. The molecule has 1 fully saturated rings. The van der Waals surface area contributed by atoms with Crippen LogP contribution in [-0.2, 0) is 0 Å². The van der Waals surface area contributed by atoms with Crippen LogP contribution in [-0.4, -0.2) is 64.8 Å². The first-order valence-electron chi connectivity index (χ1n) is 6.78. The molecule has 0 atom stereocenters. The zero-order valence-corrected chi connectivity index (χ0v) is 11.7. The highest BCUT2D eigenvalue weighted by molar-refractivity contribution is 6.26. The molecule has 0 unspecified atom stereocenters. The maximum Gasteiger partial charge on any atom is 0.213 e. The number of hydrogen-bond donors (Lipinski definition) is 2. The summed E-state index contributed by atoms with van der Waals surface area (Å²) in [6.07, 6.45) is 1.26. The van der Waals surface area contributed by atoms with Crippen LogP contribution in [0.3, 0.4) is 0 Å². The second kappa shape index (κ2) is 4.89. The van der Waals surface area contributed by atoms with E-state index in [2.05, 4.69) is 4.90 Å². The molecule has 0 saturated carbocycles. The number of benzene rings is 1. The van der Waals surface area contributed by atoms with Gasteiger partial charge in [0.05, 0.1) is 16.8 Å². The van der Waals surface area contributed by atoms with Gasteiger partial charge in [-0.1, -0.05) is 0 Å². The fourth-order valence-corrected chi connectivity index (χ4v) is 2.73. The first-order chi connectivity index (χ1) is 9.99. The van der Waals surface area contributed by atoms with Crippen LogP contribution in [0.5, 0.6) is 11.5 Å². The number of Topliss-reactive ketones (excluding diaryl/α,β-unsaturated/α-hetero) is 1. The minimum absolute atomic E-state index is 0.101. The Morgan fingerprint density at radius 1 is 0.952 bits per heavy atom. The van der Waals surface area contributed by atoms with Gasteiger partial charge in [0, 0.05) is 32.3 Å². The minimum atomic E-state index is -0.452. The predicted molar refractivity (Wildman–Crippen MR) is 75.6 cm³/mol. The average molecular weight is 288 g/mol. The van der Waals surface area contributed by atoms with Crippen LogP contribution >= 0.6 is 0 Å². The summed E-state index contributed by atoms with van der Waals surface area (Å²) in [5.41, 5.74) is 0.0794.